The van der Waals surface area contributed by atoms with Crippen LogP contribution in [0, 0.1) is 35.0 Å². The zero-order chi connectivity index (χ0) is 14.8. The van der Waals surface area contributed by atoms with Gasteiger partial charge in [-0.2, -0.15) is 0 Å². The van der Waals surface area contributed by atoms with Crippen molar-refractivity contribution in [2.75, 3.05) is 0 Å². The number of hydrogen-bond donors (Lipinski definition) is 1. The molecule has 0 aliphatic heterocycles. The number of aliphatic hydroxyl groups excluding tert-OH is 1. The average Bonchev–Trinajstić information content (AvgIpc) is 2.74. The van der Waals surface area contributed by atoms with Gasteiger partial charge in [0.1, 0.15) is 0 Å². The molecule has 3 saturated carbocycles. The van der Waals surface area contributed by atoms with E-state index in [0.717, 1.165) is 37.5 Å². The molecule has 0 aromatic carbocycles. The highest BCUT2D eigenvalue weighted by atomic mass is 16.3. The van der Waals surface area contributed by atoms with Gasteiger partial charge in [0, 0.05) is 6.42 Å². The van der Waals surface area contributed by atoms with Crippen LogP contribution in [0.4, 0.5) is 0 Å². The Hall–Kier alpha value is -0.630. The van der Waals surface area contributed by atoms with Gasteiger partial charge < -0.3 is 5.11 Å². The highest BCUT2D eigenvalue weighted by Gasteiger charge is 2.58. The van der Waals surface area contributed by atoms with Gasteiger partial charge in [-0.1, -0.05) is 19.4 Å². The van der Waals surface area contributed by atoms with Crippen LogP contribution < -0.4 is 0 Å². The molecule has 0 aromatic heterocycles. The quantitative estimate of drug-likeness (QED) is 0.737. The molecule has 0 bridgehead atoms. The molecule has 4 aliphatic rings. The molecular weight excluding hydrogens is 260 g/mol. The van der Waals surface area contributed by atoms with Crippen molar-refractivity contribution in [3.63, 3.8) is 0 Å². The number of ketones is 1. The Labute approximate surface area is 128 Å². The molecule has 7 atom stereocenters. The van der Waals surface area contributed by atoms with Crippen molar-refractivity contribution in [3.8, 4) is 0 Å². The minimum Gasteiger partial charge on any atom is -0.393 e. The molecule has 1 N–H and O–H groups in total. The Kier molecular flexibility index (Phi) is 3.12. The summed E-state index contributed by atoms with van der Waals surface area (Å²) in [4.78, 5) is 11.7. The fourth-order valence-corrected chi connectivity index (χ4v) is 6.74. The van der Waals surface area contributed by atoms with Crippen molar-refractivity contribution in [3.05, 3.63) is 11.6 Å². The molecule has 0 unspecified atom stereocenters. The molecule has 2 heteroatoms. The lowest BCUT2D eigenvalue weighted by Crippen LogP contribution is -2.51. The summed E-state index contributed by atoms with van der Waals surface area (Å²) in [5.41, 5.74) is 1.62. The molecule has 2 nitrogen and oxygen atoms in total. The van der Waals surface area contributed by atoms with E-state index in [0.29, 0.717) is 23.5 Å². The molecule has 0 saturated heterocycles. The van der Waals surface area contributed by atoms with Crippen LogP contribution in [0.5, 0.6) is 0 Å². The van der Waals surface area contributed by atoms with E-state index in [9.17, 15) is 9.90 Å². The highest BCUT2D eigenvalue weighted by molar-refractivity contribution is 5.91. The maximum absolute atomic E-state index is 11.7. The molecule has 0 heterocycles. The summed E-state index contributed by atoms with van der Waals surface area (Å²) in [6.07, 6.45) is 9.52. The van der Waals surface area contributed by atoms with Gasteiger partial charge in [0.25, 0.3) is 0 Å². The van der Waals surface area contributed by atoms with Crippen LogP contribution in [0.25, 0.3) is 0 Å². The molecule has 0 spiro atoms. The largest absolute Gasteiger partial charge is 0.393 e. The van der Waals surface area contributed by atoms with E-state index in [1.165, 1.54) is 24.8 Å². The van der Waals surface area contributed by atoms with Gasteiger partial charge in [-0.15, -0.1) is 0 Å². The van der Waals surface area contributed by atoms with E-state index in [-0.39, 0.29) is 11.5 Å². The maximum atomic E-state index is 11.7. The first-order chi connectivity index (χ1) is 10.0. The SMILES string of the molecule is C[C@@H]1C[C@]2(C)[C@@H](O)CC[C@H]2[C@@H]2CCC3=CC(=O)CC[C@@H]3[C@H]21. The summed E-state index contributed by atoms with van der Waals surface area (Å²) in [7, 11) is 0. The number of hydrogen-bond acceptors (Lipinski definition) is 2. The van der Waals surface area contributed by atoms with Gasteiger partial charge in [0.05, 0.1) is 6.10 Å². The number of aliphatic hydroxyl groups is 1. The lowest BCUT2D eigenvalue weighted by Gasteiger charge is -2.56. The third kappa shape index (κ3) is 1.91. The molecule has 4 aliphatic carbocycles. The third-order valence-corrected chi connectivity index (χ3v) is 7.54. The maximum Gasteiger partial charge on any atom is 0.155 e. The number of rotatable bonds is 0. The van der Waals surface area contributed by atoms with Crippen LogP contribution in [0.1, 0.15) is 58.8 Å². The summed E-state index contributed by atoms with van der Waals surface area (Å²) in [6.45, 7) is 4.75. The summed E-state index contributed by atoms with van der Waals surface area (Å²) >= 11 is 0. The second kappa shape index (κ2) is 4.68. The van der Waals surface area contributed by atoms with E-state index < -0.39 is 0 Å². The van der Waals surface area contributed by atoms with Crippen molar-refractivity contribution in [1.29, 1.82) is 0 Å². The molecular formula is C19H28O2. The fraction of sp³-hybridized carbons (Fsp3) is 0.842. The normalized spacial score (nSPS) is 52.7. The van der Waals surface area contributed by atoms with Crippen LogP contribution in [0.2, 0.25) is 0 Å². The van der Waals surface area contributed by atoms with E-state index in [1.54, 1.807) is 0 Å². The molecule has 3 fully saturated rings. The number of carbonyl (C=O) groups excluding carboxylic acids is 1. The van der Waals surface area contributed by atoms with Gasteiger partial charge >= 0.3 is 0 Å². The van der Waals surface area contributed by atoms with Gasteiger partial charge in [-0.25, -0.2) is 0 Å². The van der Waals surface area contributed by atoms with Crippen molar-refractivity contribution in [2.45, 2.75) is 64.9 Å². The Morgan fingerprint density at radius 3 is 2.81 bits per heavy atom. The van der Waals surface area contributed by atoms with Crippen molar-refractivity contribution in [2.24, 2.45) is 35.0 Å². The first-order valence-electron chi connectivity index (χ1n) is 8.92. The first-order valence-corrected chi connectivity index (χ1v) is 8.92. The van der Waals surface area contributed by atoms with Crippen LogP contribution in [0.15, 0.2) is 11.6 Å². The molecule has 0 aromatic rings. The van der Waals surface area contributed by atoms with Crippen LogP contribution >= 0.6 is 0 Å². The monoisotopic (exact) mass is 288 g/mol. The van der Waals surface area contributed by atoms with E-state index in [2.05, 4.69) is 13.8 Å². The standard InChI is InChI=1S/C19H28O2/c1-11-10-19(2)16(7-8-17(19)21)15-5-3-12-9-13(20)4-6-14(12)18(11)15/h9,11,14-18,21H,3-8,10H2,1-2H3/t11-,14+,15+,16+,17+,18-,19+/m1/s1. The fourth-order valence-electron chi connectivity index (χ4n) is 6.74. The summed E-state index contributed by atoms with van der Waals surface area (Å²) in [5, 5.41) is 10.5. The van der Waals surface area contributed by atoms with Gasteiger partial charge in [0.2, 0.25) is 0 Å². The van der Waals surface area contributed by atoms with Crippen molar-refractivity contribution in [1.82, 2.24) is 0 Å². The van der Waals surface area contributed by atoms with Gasteiger partial charge in [0.15, 0.2) is 5.78 Å². The minimum atomic E-state index is -0.0872. The molecule has 116 valence electrons. The highest BCUT2D eigenvalue weighted by Crippen LogP contribution is 2.63. The van der Waals surface area contributed by atoms with Gasteiger partial charge in [-0.3, -0.25) is 4.79 Å². The lowest BCUT2D eigenvalue weighted by molar-refractivity contribution is -0.117. The Bertz CT molecular complexity index is 494. The number of carbonyl (C=O) groups is 1. The van der Waals surface area contributed by atoms with Crippen LogP contribution in [0.3, 0.4) is 0 Å². The Morgan fingerprint density at radius 1 is 1.19 bits per heavy atom. The second-order valence-corrected chi connectivity index (χ2v) is 8.50. The summed E-state index contributed by atoms with van der Waals surface area (Å²) < 4.78 is 0. The third-order valence-electron chi connectivity index (χ3n) is 7.54. The zero-order valence-corrected chi connectivity index (χ0v) is 13.3. The zero-order valence-electron chi connectivity index (χ0n) is 13.3. The predicted molar refractivity (Wildman–Crippen MR) is 82.6 cm³/mol. The minimum absolute atomic E-state index is 0.0872. The van der Waals surface area contributed by atoms with Crippen LogP contribution in [-0.2, 0) is 4.79 Å². The van der Waals surface area contributed by atoms with E-state index >= 15 is 0 Å². The molecule has 4 rings (SSSR count). The molecule has 0 amide bonds. The Morgan fingerprint density at radius 2 is 2.00 bits per heavy atom. The predicted octanol–water partition coefficient (Wildman–Crippen LogP) is 3.74. The summed E-state index contributed by atoms with van der Waals surface area (Å²) in [5.74, 6) is 3.97. The van der Waals surface area contributed by atoms with Crippen LogP contribution in [-0.4, -0.2) is 17.0 Å². The molecule has 0 radical (unpaired) electrons. The van der Waals surface area contributed by atoms with E-state index in [4.69, 9.17) is 0 Å². The topological polar surface area (TPSA) is 37.3 Å². The number of allylic oxidation sites excluding steroid dienone is 1. The van der Waals surface area contributed by atoms with Crippen molar-refractivity contribution < 1.29 is 9.90 Å². The number of fused-ring (bicyclic) bond motifs is 5. The summed E-state index contributed by atoms with van der Waals surface area (Å²) in [6, 6.07) is 0. The molecule has 21 heavy (non-hydrogen) atoms. The first kappa shape index (κ1) is 14.0. The second-order valence-electron chi connectivity index (χ2n) is 8.50. The Balaban J connectivity index is 1.68. The van der Waals surface area contributed by atoms with Crippen molar-refractivity contribution >= 4 is 5.78 Å². The smallest absolute Gasteiger partial charge is 0.155 e. The van der Waals surface area contributed by atoms with Gasteiger partial charge in [-0.05, 0) is 79.6 Å². The lowest BCUT2D eigenvalue weighted by atomic mass is 9.49. The average molecular weight is 288 g/mol. The van der Waals surface area contributed by atoms with E-state index in [1.807, 2.05) is 6.08 Å².